The SMILES string of the molecule is CC[C@@H](C)NC(=O)[C@@H](Cc1ccccc1)N(Cc1ccc(C)cc1)C(=O)CCCN1C(=O)c2cccc3cccc1c23. The van der Waals surface area contributed by atoms with Crippen LogP contribution in [0.3, 0.4) is 0 Å². The summed E-state index contributed by atoms with van der Waals surface area (Å²) < 4.78 is 0. The summed E-state index contributed by atoms with van der Waals surface area (Å²) in [6, 6.07) is 29.0. The van der Waals surface area contributed by atoms with Crippen molar-refractivity contribution in [2.45, 2.75) is 65.1 Å². The summed E-state index contributed by atoms with van der Waals surface area (Å²) in [7, 11) is 0. The molecule has 0 radical (unpaired) electrons. The predicted octanol–water partition coefficient (Wildman–Crippen LogP) is 6.44. The van der Waals surface area contributed by atoms with Gasteiger partial charge in [-0.05, 0) is 55.3 Å². The smallest absolute Gasteiger partial charge is 0.258 e. The molecule has 1 heterocycles. The van der Waals surface area contributed by atoms with E-state index in [0.29, 0.717) is 31.5 Å². The van der Waals surface area contributed by atoms with Gasteiger partial charge in [-0.2, -0.15) is 0 Å². The van der Waals surface area contributed by atoms with Crippen molar-refractivity contribution in [1.82, 2.24) is 10.2 Å². The van der Waals surface area contributed by atoms with Crippen molar-refractivity contribution in [3.63, 3.8) is 0 Å². The first kappa shape index (κ1) is 29.1. The van der Waals surface area contributed by atoms with Crippen LogP contribution in [0.25, 0.3) is 10.8 Å². The monoisotopic (exact) mass is 561 g/mol. The molecular formula is C36H39N3O3. The van der Waals surface area contributed by atoms with Crippen molar-refractivity contribution in [3.05, 3.63) is 113 Å². The number of carbonyl (C=O) groups is 3. The van der Waals surface area contributed by atoms with E-state index in [1.807, 2.05) is 112 Å². The standard InChI is InChI=1S/C36H39N3O3/c1-4-26(3)37-35(41)32(23-27-11-6-5-7-12-27)39(24-28-20-18-25(2)19-21-28)33(40)17-10-22-38-31-16-9-14-29-13-8-15-30(34(29)31)36(38)42/h5-9,11-16,18-21,26,32H,4,10,17,22-24H2,1-3H3,(H,37,41)/t26-,32-/m1/s1. The van der Waals surface area contributed by atoms with Gasteiger partial charge in [0.15, 0.2) is 0 Å². The molecule has 4 aromatic rings. The minimum atomic E-state index is -0.665. The van der Waals surface area contributed by atoms with E-state index in [1.54, 1.807) is 9.80 Å². The molecule has 6 nitrogen and oxygen atoms in total. The minimum Gasteiger partial charge on any atom is -0.352 e. The van der Waals surface area contributed by atoms with Crippen LogP contribution < -0.4 is 10.2 Å². The zero-order chi connectivity index (χ0) is 29.6. The van der Waals surface area contributed by atoms with Crippen LogP contribution in [0.2, 0.25) is 0 Å². The molecule has 4 aromatic carbocycles. The Bertz CT molecular complexity index is 1560. The van der Waals surface area contributed by atoms with Crippen LogP contribution in [0.4, 0.5) is 5.69 Å². The first-order valence-corrected chi connectivity index (χ1v) is 14.9. The van der Waals surface area contributed by atoms with Gasteiger partial charge >= 0.3 is 0 Å². The third kappa shape index (κ3) is 6.38. The summed E-state index contributed by atoms with van der Waals surface area (Å²) in [4.78, 5) is 44.5. The van der Waals surface area contributed by atoms with Crippen LogP contribution in [0.5, 0.6) is 0 Å². The molecule has 216 valence electrons. The Morgan fingerprint density at radius 1 is 0.881 bits per heavy atom. The lowest BCUT2D eigenvalue weighted by atomic mass is 10.0. The third-order valence-electron chi connectivity index (χ3n) is 8.17. The van der Waals surface area contributed by atoms with Gasteiger partial charge in [-0.3, -0.25) is 14.4 Å². The molecule has 0 aromatic heterocycles. The van der Waals surface area contributed by atoms with Crippen LogP contribution in [0.1, 0.15) is 60.2 Å². The summed E-state index contributed by atoms with van der Waals surface area (Å²) in [6.07, 6.45) is 1.94. The number of anilines is 1. The van der Waals surface area contributed by atoms with Gasteiger partial charge in [-0.25, -0.2) is 0 Å². The topological polar surface area (TPSA) is 69.7 Å². The van der Waals surface area contributed by atoms with Gasteiger partial charge in [0.05, 0.1) is 5.69 Å². The number of hydrogen-bond donors (Lipinski definition) is 1. The maximum Gasteiger partial charge on any atom is 0.258 e. The second-order valence-corrected chi connectivity index (χ2v) is 11.3. The average Bonchev–Trinajstić information content (AvgIpc) is 3.28. The number of amides is 3. The average molecular weight is 562 g/mol. The Kier molecular flexibility index (Phi) is 9.01. The van der Waals surface area contributed by atoms with Crippen LogP contribution in [0.15, 0.2) is 91.0 Å². The zero-order valence-corrected chi connectivity index (χ0v) is 24.7. The molecule has 0 saturated carbocycles. The van der Waals surface area contributed by atoms with Crippen molar-refractivity contribution >= 4 is 34.2 Å². The van der Waals surface area contributed by atoms with E-state index in [1.165, 1.54) is 0 Å². The number of nitrogens with one attached hydrogen (secondary N) is 1. The Labute approximate surface area is 248 Å². The van der Waals surface area contributed by atoms with Crippen LogP contribution in [-0.4, -0.2) is 41.2 Å². The fraction of sp³-hybridized carbons (Fsp3) is 0.306. The highest BCUT2D eigenvalue weighted by Crippen LogP contribution is 2.37. The molecule has 0 fully saturated rings. The minimum absolute atomic E-state index is 0.00220. The lowest BCUT2D eigenvalue weighted by Crippen LogP contribution is -2.52. The fourth-order valence-corrected chi connectivity index (χ4v) is 5.62. The molecule has 0 saturated heterocycles. The highest BCUT2D eigenvalue weighted by Gasteiger charge is 2.32. The molecule has 1 aliphatic rings. The van der Waals surface area contributed by atoms with Crippen molar-refractivity contribution in [2.24, 2.45) is 0 Å². The maximum absolute atomic E-state index is 14.0. The van der Waals surface area contributed by atoms with Gasteiger partial charge in [-0.15, -0.1) is 0 Å². The van der Waals surface area contributed by atoms with E-state index >= 15 is 0 Å². The van der Waals surface area contributed by atoms with Gasteiger partial charge < -0.3 is 15.1 Å². The highest BCUT2D eigenvalue weighted by molar-refractivity contribution is 6.25. The number of carbonyl (C=O) groups excluding carboxylic acids is 3. The first-order chi connectivity index (χ1) is 20.4. The number of benzene rings is 4. The predicted molar refractivity (Wildman–Crippen MR) is 168 cm³/mol. The Morgan fingerprint density at radius 3 is 2.31 bits per heavy atom. The molecule has 0 bridgehead atoms. The van der Waals surface area contributed by atoms with E-state index in [-0.39, 0.29) is 30.2 Å². The van der Waals surface area contributed by atoms with E-state index in [9.17, 15) is 14.4 Å². The fourth-order valence-electron chi connectivity index (χ4n) is 5.62. The van der Waals surface area contributed by atoms with Crippen LogP contribution in [-0.2, 0) is 22.6 Å². The first-order valence-electron chi connectivity index (χ1n) is 14.9. The van der Waals surface area contributed by atoms with Gasteiger partial charge in [0.25, 0.3) is 5.91 Å². The van der Waals surface area contributed by atoms with Gasteiger partial charge in [0.1, 0.15) is 6.04 Å². The zero-order valence-electron chi connectivity index (χ0n) is 24.7. The normalized spacial score (nSPS) is 13.7. The number of aryl methyl sites for hydroxylation is 1. The molecule has 1 aliphatic heterocycles. The Hall–Kier alpha value is -4.45. The van der Waals surface area contributed by atoms with Gasteiger partial charge in [0.2, 0.25) is 11.8 Å². The van der Waals surface area contributed by atoms with Gasteiger partial charge in [-0.1, -0.05) is 91.3 Å². The maximum atomic E-state index is 14.0. The second kappa shape index (κ2) is 13.0. The van der Waals surface area contributed by atoms with Gasteiger partial charge in [0, 0.05) is 42.9 Å². The molecular weight excluding hydrogens is 522 g/mol. The highest BCUT2D eigenvalue weighted by atomic mass is 16.2. The van der Waals surface area contributed by atoms with Crippen LogP contribution >= 0.6 is 0 Å². The lowest BCUT2D eigenvalue weighted by molar-refractivity contribution is -0.141. The summed E-state index contributed by atoms with van der Waals surface area (Å²) in [5.41, 5.74) is 4.71. The summed E-state index contributed by atoms with van der Waals surface area (Å²) in [6.45, 7) is 6.81. The van der Waals surface area contributed by atoms with E-state index in [2.05, 4.69) is 5.32 Å². The summed E-state index contributed by atoms with van der Waals surface area (Å²) in [5.74, 6) is -0.274. The number of nitrogens with zero attached hydrogens (tertiary/aromatic N) is 2. The number of rotatable bonds is 12. The quantitative estimate of drug-likeness (QED) is 0.216. The molecule has 6 heteroatoms. The lowest BCUT2D eigenvalue weighted by Gasteiger charge is -2.32. The Morgan fingerprint density at radius 2 is 1.60 bits per heavy atom. The molecule has 0 unspecified atom stereocenters. The molecule has 0 aliphatic carbocycles. The van der Waals surface area contributed by atoms with Crippen LogP contribution in [0, 0.1) is 6.92 Å². The second-order valence-electron chi connectivity index (χ2n) is 11.3. The summed E-state index contributed by atoms with van der Waals surface area (Å²) in [5, 5.41) is 5.14. The molecule has 2 atom stereocenters. The molecule has 0 spiro atoms. The molecule has 42 heavy (non-hydrogen) atoms. The third-order valence-corrected chi connectivity index (χ3v) is 8.17. The molecule has 1 N–H and O–H groups in total. The van der Waals surface area contributed by atoms with E-state index < -0.39 is 6.04 Å². The molecule has 5 rings (SSSR count). The van der Waals surface area contributed by atoms with Crippen molar-refractivity contribution in [1.29, 1.82) is 0 Å². The largest absolute Gasteiger partial charge is 0.352 e. The van der Waals surface area contributed by atoms with E-state index in [0.717, 1.165) is 39.6 Å². The van der Waals surface area contributed by atoms with Crippen molar-refractivity contribution in [2.75, 3.05) is 11.4 Å². The van der Waals surface area contributed by atoms with Crippen molar-refractivity contribution in [3.8, 4) is 0 Å². The Balaban J connectivity index is 1.37. The van der Waals surface area contributed by atoms with Crippen molar-refractivity contribution < 1.29 is 14.4 Å². The summed E-state index contributed by atoms with van der Waals surface area (Å²) >= 11 is 0. The van der Waals surface area contributed by atoms with E-state index in [4.69, 9.17) is 0 Å². The number of hydrogen-bond acceptors (Lipinski definition) is 3. The molecule has 3 amide bonds.